The maximum absolute atomic E-state index is 6.08. The molecule has 0 bridgehead atoms. The maximum Gasteiger partial charge on any atom is 0.145 e. The summed E-state index contributed by atoms with van der Waals surface area (Å²) in [5.74, 6) is 0.657. The molecule has 17 heavy (non-hydrogen) atoms. The fraction of sp³-hybridized carbons (Fsp3) is 0.583. The van der Waals surface area contributed by atoms with E-state index in [4.69, 9.17) is 28.9 Å². The van der Waals surface area contributed by atoms with Crippen molar-refractivity contribution < 1.29 is 0 Å². The van der Waals surface area contributed by atoms with E-state index >= 15 is 0 Å². The van der Waals surface area contributed by atoms with Crippen molar-refractivity contribution in [1.82, 2.24) is 4.98 Å². The largest absolute Gasteiger partial charge is 0.366 e. The number of nitrogens with zero attached hydrogens (tertiary/aromatic N) is 1. The lowest BCUT2D eigenvalue weighted by Gasteiger charge is -2.32. The Balaban J connectivity index is 2.86. The van der Waals surface area contributed by atoms with E-state index in [0.29, 0.717) is 22.4 Å². The number of hydrogen-bond acceptors (Lipinski definition) is 3. The fourth-order valence-corrected chi connectivity index (χ4v) is 2.01. The fourth-order valence-electron chi connectivity index (χ4n) is 1.57. The minimum absolute atomic E-state index is 0.0873. The molecule has 0 spiro atoms. The van der Waals surface area contributed by atoms with Crippen LogP contribution < -0.4 is 11.1 Å². The molecule has 0 aromatic carbocycles. The van der Waals surface area contributed by atoms with Crippen LogP contribution in [0.5, 0.6) is 0 Å². The van der Waals surface area contributed by atoms with E-state index in [2.05, 4.69) is 31.1 Å². The van der Waals surface area contributed by atoms with Gasteiger partial charge in [0.1, 0.15) is 5.82 Å². The third-order valence-corrected chi connectivity index (χ3v) is 3.11. The van der Waals surface area contributed by atoms with E-state index in [1.165, 1.54) is 0 Å². The molecule has 3 nitrogen and oxygen atoms in total. The molecule has 0 aliphatic heterocycles. The van der Waals surface area contributed by atoms with E-state index in [0.717, 1.165) is 6.42 Å². The Labute approximate surface area is 113 Å². The number of anilines is 1. The Hall–Kier alpha value is -0.510. The van der Waals surface area contributed by atoms with Gasteiger partial charge in [0, 0.05) is 12.2 Å². The van der Waals surface area contributed by atoms with Crippen LogP contribution in [0.25, 0.3) is 0 Å². The smallest absolute Gasteiger partial charge is 0.145 e. The van der Waals surface area contributed by atoms with Gasteiger partial charge in [-0.15, -0.1) is 0 Å². The van der Waals surface area contributed by atoms with E-state index in [9.17, 15) is 0 Å². The quantitative estimate of drug-likeness (QED) is 0.884. The number of rotatable bonds is 4. The molecule has 1 aromatic heterocycles. The molecule has 0 amide bonds. The third kappa shape index (κ3) is 4.34. The summed E-state index contributed by atoms with van der Waals surface area (Å²) in [7, 11) is 0. The highest BCUT2D eigenvalue weighted by atomic mass is 35.5. The number of aromatic nitrogens is 1. The average molecular weight is 276 g/mol. The van der Waals surface area contributed by atoms with Crippen molar-refractivity contribution in [2.45, 2.75) is 33.2 Å². The number of nitrogens with one attached hydrogen (secondary N) is 1. The van der Waals surface area contributed by atoms with Crippen molar-refractivity contribution in [3.8, 4) is 0 Å². The average Bonchev–Trinajstić information content (AvgIpc) is 2.19. The lowest BCUT2D eigenvalue weighted by Crippen LogP contribution is -2.36. The van der Waals surface area contributed by atoms with Gasteiger partial charge in [0.15, 0.2) is 0 Å². The zero-order chi connectivity index (χ0) is 13.1. The molecule has 0 aliphatic carbocycles. The Bertz CT molecular complexity index is 375. The zero-order valence-electron chi connectivity index (χ0n) is 10.4. The zero-order valence-corrected chi connectivity index (χ0v) is 11.9. The van der Waals surface area contributed by atoms with Crippen LogP contribution >= 0.6 is 23.2 Å². The SMILES string of the molecule is CC(C)(C)C(CCN)Nc1ncc(Cl)cc1Cl. The molecule has 1 aromatic rings. The Kier molecular flexibility index (Phi) is 5.04. The lowest BCUT2D eigenvalue weighted by atomic mass is 9.85. The molecule has 0 radical (unpaired) electrons. The summed E-state index contributed by atoms with van der Waals surface area (Å²) in [4.78, 5) is 4.20. The van der Waals surface area contributed by atoms with Crippen molar-refractivity contribution >= 4 is 29.0 Å². The van der Waals surface area contributed by atoms with Crippen LogP contribution in [0.2, 0.25) is 10.0 Å². The summed E-state index contributed by atoms with van der Waals surface area (Å²) in [5.41, 5.74) is 5.71. The van der Waals surface area contributed by atoms with Gasteiger partial charge in [0.2, 0.25) is 0 Å². The first kappa shape index (κ1) is 14.6. The highest BCUT2D eigenvalue weighted by Crippen LogP contribution is 2.28. The highest BCUT2D eigenvalue weighted by Gasteiger charge is 2.24. The summed E-state index contributed by atoms with van der Waals surface area (Å²) in [6, 6.07) is 1.90. The minimum atomic E-state index is 0.0873. The van der Waals surface area contributed by atoms with Crippen LogP contribution in [0.15, 0.2) is 12.3 Å². The first-order chi connectivity index (χ1) is 7.84. The Morgan fingerprint density at radius 1 is 1.41 bits per heavy atom. The van der Waals surface area contributed by atoms with Crippen LogP contribution in [-0.2, 0) is 0 Å². The van der Waals surface area contributed by atoms with Gasteiger partial charge in [0.25, 0.3) is 0 Å². The van der Waals surface area contributed by atoms with E-state index in [1.54, 1.807) is 12.3 Å². The van der Waals surface area contributed by atoms with Gasteiger partial charge in [-0.3, -0.25) is 0 Å². The summed E-state index contributed by atoms with van der Waals surface area (Å²) in [6.07, 6.45) is 2.45. The van der Waals surface area contributed by atoms with E-state index in [-0.39, 0.29) is 11.5 Å². The van der Waals surface area contributed by atoms with Crippen LogP contribution in [0.3, 0.4) is 0 Å². The number of pyridine rings is 1. The highest BCUT2D eigenvalue weighted by molar-refractivity contribution is 6.35. The van der Waals surface area contributed by atoms with Gasteiger partial charge in [0.05, 0.1) is 10.0 Å². The molecule has 0 aliphatic rings. The van der Waals surface area contributed by atoms with Gasteiger partial charge in [-0.2, -0.15) is 0 Å². The van der Waals surface area contributed by atoms with Gasteiger partial charge in [-0.1, -0.05) is 44.0 Å². The van der Waals surface area contributed by atoms with Crippen LogP contribution in [0, 0.1) is 5.41 Å². The number of nitrogens with two attached hydrogens (primary N) is 1. The molecule has 96 valence electrons. The molecule has 5 heteroatoms. The standard InChI is InChI=1S/C12H19Cl2N3/c1-12(2,3)10(4-5-15)17-11-9(14)6-8(13)7-16-11/h6-7,10H,4-5,15H2,1-3H3,(H,16,17). The predicted octanol–water partition coefficient (Wildman–Crippen LogP) is 3.56. The third-order valence-electron chi connectivity index (χ3n) is 2.62. The molecule has 1 rings (SSSR count). The van der Waals surface area contributed by atoms with Crippen molar-refractivity contribution in [2.75, 3.05) is 11.9 Å². The second kappa shape index (κ2) is 5.89. The molecule has 3 N–H and O–H groups in total. The van der Waals surface area contributed by atoms with Crippen molar-refractivity contribution in [2.24, 2.45) is 11.1 Å². The first-order valence-electron chi connectivity index (χ1n) is 5.62. The van der Waals surface area contributed by atoms with Crippen LogP contribution in [0.1, 0.15) is 27.2 Å². The number of halogens is 2. The first-order valence-corrected chi connectivity index (χ1v) is 6.38. The molecule has 1 unspecified atom stereocenters. The van der Waals surface area contributed by atoms with E-state index < -0.39 is 0 Å². The Morgan fingerprint density at radius 2 is 2.06 bits per heavy atom. The van der Waals surface area contributed by atoms with Crippen molar-refractivity contribution in [3.63, 3.8) is 0 Å². The van der Waals surface area contributed by atoms with Gasteiger partial charge < -0.3 is 11.1 Å². The normalized spacial score (nSPS) is 13.5. The summed E-state index contributed by atoms with van der Waals surface area (Å²) >= 11 is 11.9. The summed E-state index contributed by atoms with van der Waals surface area (Å²) in [6.45, 7) is 7.10. The topological polar surface area (TPSA) is 50.9 Å². The van der Waals surface area contributed by atoms with Crippen molar-refractivity contribution in [3.05, 3.63) is 22.3 Å². The summed E-state index contributed by atoms with van der Waals surface area (Å²) in [5, 5.41) is 4.40. The van der Waals surface area contributed by atoms with Gasteiger partial charge in [-0.25, -0.2) is 4.98 Å². The molecule has 0 saturated heterocycles. The second-order valence-electron chi connectivity index (χ2n) is 5.12. The second-order valence-corrected chi connectivity index (χ2v) is 5.97. The minimum Gasteiger partial charge on any atom is -0.366 e. The van der Waals surface area contributed by atoms with Gasteiger partial charge >= 0.3 is 0 Å². The van der Waals surface area contributed by atoms with Gasteiger partial charge in [-0.05, 0) is 24.4 Å². The van der Waals surface area contributed by atoms with E-state index in [1.807, 2.05) is 0 Å². The molecular weight excluding hydrogens is 257 g/mol. The van der Waals surface area contributed by atoms with Crippen LogP contribution in [0.4, 0.5) is 5.82 Å². The monoisotopic (exact) mass is 275 g/mol. The lowest BCUT2D eigenvalue weighted by molar-refractivity contribution is 0.328. The summed E-state index contributed by atoms with van der Waals surface area (Å²) < 4.78 is 0. The maximum atomic E-state index is 6.08. The molecule has 0 saturated carbocycles. The molecule has 0 fully saturated rings. The molecule has 1 atom stereocenters. The van der Waals surface area contributed by atoms with Crippen LogP contribution in [-0.4, -0.2) is 17.6 Å². The van der Waals surface area contributed by atoms with Crippen molar-refractivity contribution in [1.29, 1.82) is 0 Å². The number of hydrogen-bond donors (Lipinski definition) is 2. The molecular formula is C12H19Cl2N3. The molecule has 1 heterocycles. The Morgan fingerprint density at radius 3 is 2.53 bits per heavy atom. The predicted molar refractivity (Wildman–Crippen MR) is 74.8 cm³/mol.